The molecule has 0 fully saturated rings. The maximum atomic E-state index is 10.6. The number of amides is 1. The molecular weight excluding hydrogens is 150 g/mol. The van der Waals surface area contributed by atoms with Gasteiger partial charge in [-0.05, 0) is 13.0 Å². The van der Waals surface area contributed by atoms with Crippen molar-refractivity contribution >= 4 is 5.91 Å². The molecule has 0 unspecified atom stereocenters. The summed E-state index contributed by atoms with van der Waals surface area (Å²) >= 11 is 0. The minimum atomic E-state index is -0.0208. The van der Waals surface area contributed by atoms with E-state index in [1.165, 1.54) is 6.08 Å². The highest BCUT2D eigenvalue weighted by Gasteiger charge is 1.96. The number of carbonyl (C=O) groups is 1. The van der Waals surface area contributed by atoms with Crippen LogP contribution < -0.4 is 0 Å². The Balaban J connectivity index is -0.000000175. The van der Waals surface area contributed by atoms with Crippen LogP contribution in [0.4, 0.5) is 0 Å². The number of hydrogen-bond acceptors (Lipinski definition) is 1. The molecule has 0 aliphatic heterocycles. The van der Waals surface area contributed by atoms with E-state index in [2.05, 4.69) is 6.58 Å². The predicted octanol–water partition coefficient (Wildman–Crippen LogP) is 2.70. The lowest BCUT2D eigenvalue weighted by molar-refractivity contribution is -0.124. The second-order valence-electron chi connectivity index (χ2n) is 1.56. The summed E-state index contributed by atoms with van der Waals surface area (Å²) < 4.78 is 0. The summed E-state index contributed by atoms with van der Waals surface area (Å²) in [5.74, 6) is -0.0208. The van der Waals surface area contributed by atoms with Crippen molar-refractivity contribution in [2.75, 3.05) is 13.6 Å². The molecule has 0 aliphatic rings. The predicted molar refractivity (Wildman–Crippen MR) is 56.2 cm³/mol. The summed E-state index contributed by atoms with van der Waals surface area (Å²) in [6.07, 6.45) is 1.31. The van der Waals surface area contributed by atoms with Gasteiger partial charge >= 0.3 is 0 Å². The smallest absolute Gasteiger partial charge is 0.245 e. The number of nitrogens with zero attached hydrogens (tertiary/aromatic N) is 1. The Morgan fingerprint density at radius 2 is 1.67 bits per heavy atom. The SMILES string of the molecule is C=CC(=O)N(C)CC.CC.CC. The van der Waals surface area contributed by atoms with E-state index in [-0.39, 0.29) is 5.91 Å². The van der Waals surface area contributed by atoms with E-state index in [1.807, 2.05) is 34.6 Å². The van der Waals surface area contributed by atoms with E-state index < -0.39 is 0 Å². The fraction of sp³-hybridized carbons (Fsp3) is 0.700. The Hall–Kier alpha value is -0.790. The first-order valence-electron chi connectivity index (χ1n) is 4.60. The Morgan fingerprint density at radius 3 is 1.75 bits per heavy atom. The van der Waals surface area contributed by atoms with Crippen LogP contribution in [0.15, 0.2) is 12.7 Å². The van der Waals surface area contributed by atoms with Gasteiger partial charge < -0.3 is 4.90 Å². The van der Waals surface area contributed by atoms with Crippen molar-refractivity contribution < 1.29 is 4.79 Å². The van der Waals surface area contributed by atoms with Gasteiger partial charge in [-0.3, -0.25) is 4.79 Å². The van der Waals surface area contributed by atoms with E-state index in [9.17, 15) is 4.79 Å². The first kappa shape index (κ1) is 17.3. The highest BCUT2D eigenvalue weighted by molar-refractivity contribution is 5.86. The molecule has 0 rings (SSSR count). The number of hydrogen-bond donors (Lipinski definition) is 0. The summed E-state index contributed by atoms with van der Waals surface area (Å²) in [7, 11) is 1.74. The van der Waals surface area contributed by atoms with Crippen LogP contribution in [-0.2, 0) is 4.79 Å². The molecule has 12 heavy (non-hydrogen) atoms. The average molecular weight is 173 g/mol. The van der Waals surface area contributed by atoms with Gasteiger partial charge in [0.15, 0.2) is 0 Å². The molecular formula is C10H23NO. The maximum absolute atomic E-state index is 10.6. The minimum Gasteiger partial charge on any atom is -0.343 e. The van der Waals surface area contributed by atoms with Gasteiger partial charge in [-0.15, -0.1) is 0 Å². The van der Waals surface area contributed by atoms with Crippen molar-refractivity contribution in [2.24, 2.45) is 0 Å². The summed E-state index contributed by atoms with van der Waals surface area (Å²) in [4.78, 5) is 12.1. The molecule has 0 saturated carbocycles. The van der Waals surface area contributed by atoms with Crippen LogP contribution in [-0.4, -0.2) is 24.4 Å². The van der Waals surface area contributed by atoms with Gasteiger partial charge in [0.2, 0.25) is 5.91 Å². The van der Waals surface area contributed by atoms with Gasteiger partial charge in [0.1, 0.15) is 0 Å². The van der Waals surface area contributed by atoms with Gasteiger partial charge in [-0.2, -0.15) is 0 Å². The first-order chi connectivity index (χ1) is 5.72. The summed E-state index contributed by atoms with van der Waals surface area (Å²) in [6, 6.07) is 0. The molecule has 2 nitrogen and oxygen atoms in total. The Labute approximate surface area is 77.3 Å². The molecule has 0 bridgehead atoms. The van der Waals surface area contributed by atoms with Crippen molar-refractivity contribution in [3.63, 3.8) is 0 Å². The molecule has 0 aliphatic carbocycles. The monoisotopic (exact) mass is 173 g/mol. The molecule has 2 heteroatoms. The normalized spacial score (nSPS) is 6.50. The van der Waals surface area contributed by atoms with Crippen molar-refractivity contribution in [3.05, 3.63) is 12.7 Å². The van der Waals surface area contributed by atoms with Gasteiger partial charge in [-0.25, -0.2) is 0 Å². The maximum Gasteiger partial charge on any atom is 0.245 e. The van der Waals surface area contributed by atoms with Gasteiger partial charge in [0.05, 0.1) is 0 Å². The lowest BCUT2D eigenvalue weighted by Crippen LogP contribution is -2.23. The second kappa shape index (κ2) is 16.7. The first-order valence-corrected chi connectivity index (χ1v) is 4.60. The van der Waals surface area contributed by atoms with E-state index in [0.29, 0.717) is 0 Å². The molecule has 0 atom stereocenters. The molecule has 0 radical (unpaired) electrons. The third kappa shape index (κ3) is 11.9. The zero-order valence-corrected chi connectivity index (χ0v) is 9.35. The zero-order valence-electron chi connectivity index (χ0n) is 9.35. The van der Waals surface area contributed by atoms with Crippen LogP contribution in [0.25, 0.3) is 0 Å². The lowest BCUT2D eigenvalue weighted by atomic mass is 10.5. The van der Waals surface area contributed by atoms with Crippen LogP contribution in [0.1, 0.15) is 34.6 Å². The summed E-state index contributed by atoms with van der Waals surface area (Å²) in [5, 5.41) is 0. The fourth-order valence-electron chi connectivity index (χ4n) is 0.312. The molecule has 0 saturated heterocycles. The Kier molecular flexibility index (Phi) is 24.1. The number of likely N-dealkylation sites (N-methyl/N-ethyl adjacent to an activating group) is 1. The van der Waals surface area contributed by atoms with E-state index in [0.717, 1.165) is 6.54 Å². The molecule has 0 N–H and O–H groups in total. The largest absolute Gasteiger partial charge is 0.343 e. The van der Waals surface area contributed by atoms with Crippen LogP contribution >= 0.6 is 0 Å². The standard InChI is InChI=1S/C6H11NO.2C2H6/c1-4-6(8)7(3)5-2;2*1-2/h4H,1,5H2,2-3H3;2*1-2H3. The number of carbonyl (C=O) groups excluding carboxylic acids is 1. The summed E-state index contributed by atoms with van der Waals surface area (Å²) in [5.41, 5.74) is 0. The van der Waals surface area contributed by atoms with Crippen molar-refractivity contribution in [2.45, 2.75) is 34.6 Å². The third-order valence-corrected chi connectivity index (χ3v) is 1.03. The fourth-order valence-corrected chi connectivity index (χ4v) is 0.312. The lowest BCUT2D eigenvalue weighted by Gasteiger charge is -2.09. The zero-order chi connectivity index (χ0) is 10.6. The van der Waals surface area contributed by atoms with Gasteiger partial charge in [0, 0.05) is 13.6 Å². The van der Waals surface area contributed by atoms with Crippen molar-refractivity contribution in [1.29, 1.82) is 0 Å². The summed E-state index contributed by atoms with van der Waals surface area (Å²) in [6.45, 7) is 14.0. The molecule has 0 spiro atoms. The Bertz CT molecular complexity index is 100. The van der Waals surface area contributed by atoms with E-state index in [1.54, 1.807) is 11.9 Å². The Morgan fingerprint density at radius 1 is 1.33 bits per heavy atom. The highest BCUT2D eigenvalue weighted by atomic mass is 16.2. The molecule has 0 aromatic heterocycles. The average Bonchev–Trinajstić information content (AvgIpc) is 2.21. The van der Waals surface area contributed by atoms with E-state index >= 15 is 0 Å². The van der Waals surface area contributed by atoms with Crippen LogP contribution in [0.2, 0.25) is 0 Å². The van der Waals surface area contributed by atoms with Crippen molar-refractivity contribution in [3.8, 4) is 0 Å². The van der Waals surface area contributed by atoms with Crippen LogP contribution in [0.3, 0.4) is 0 Å². The highest BCUT2D eigenvalue weighted by Crippen LogP contribution is 1.81. The molecule has 0 aromatic rings. The van der Waals surface area contributed by atoms with E-state index in [4.69, 9.17) is 0 Å². The minimum absolute atomic E-state index is 0.0208. The van der Waals surface area contributed by atoms with Crippen LogP contribution in [0, 0.1) is 0 Å². The molecule has 74 valence electrons. The quantitative estimate of drug-likeness (QED) is 0.588. The topological polar surface area (TPSA) is 20.3 Å². The van der Waals surface area contributed by atoms with Crippen molar-refractivity contribution in [1.82, 2.24) is 4.90 Å². The van der Waals surface area contributed by atoms with Gasteiger partial charge in [0.25, 0.3) is 0 Å². The van der Waals surface area contributed by atoms with Crippen LogP contribution in [0.5, 0.6) is 0 Å². The third-order valence-electron chi connectivity index (χ3n) is 1.03. The van der Waals surface area contributed by atoms with Gasteiger partial charge in [-0.1, -0.05) is 34.3 Å². The molecule has 0 heterocycles. The number of rotatable bonds is 2. The molecule has 0 aromatic carbocycles. The molecule has 1 amide bonds. The second-order valence-corrected chi connectivity index (χ2v) is 1.56.